The normalized spacial score (nSPS) is 17.0. The van der Waals surface area contributed by atoms with Crippen molar-refractivity contribution in [3.8, 4) is 0 Å². The number of hydrogen-bond donors (Lipinski definition) is 1. The van der Waals surface area contributed by atoms with E-state index >= 15 is 0 Å². The minimum absolute atomic E-state index is 0.551. The molecule has 78 valence electrons. The summed E-state index contributed by atoms with van der Waals surface area (Å²) in [5.41, 5.74) is 2.24. The lowest BCUT2D eigenvalue weighted by Crippen LogP contribution is -2.46. The molecule has 0 bridgehead atoms. The second kappa shape index (κ2) is 4.11. The maximum Gasteiger partial charge on any atom is 0.137 e. The van der Waals surface area contributed by atoms with Gasteiger partial charge in [0.2, 0.25) is 0 Å². The van der Waals surface area contributed by atoms with Crippen LogP contribution in [-0.4, -0.2) is 31.0 Å². The molecule has 1 aromatic heterocycles. The van der Waals surface area contributed by atoms with Crippen molar-refractivity contribution in [2.45, 2.75) is 26.3 Å². The molecule has 0 saturated carbocycles. The maximum absolute atomic E-state index is 5.09. The van der Waals surface area contributed by atoms with Crippen molar-refractivity contribution in [3.63, 3.8) is 0 Å². The third kappa shape index (κ3) is 1.96. The van der Waals surface area contributed by atoms with Gasteiger partial charge in [-0.15, -0.1) is 0 Å². The average molecular weight is 196 g/mol. The van der Waals surface area contributed by atoms with Gasteiger partial charge in [-0.1, -0.05) is 5.16 Å². The zero-order chi connectivity index (χ0) is 9.97. The standard InChI is InChI=1S/C10H16N2O2/c1-7-10(8(2)14-12-7)3-4-11-9-5-13-6-9/h9,11H,3-6H2,1-2H3. The van der Waals surface area contributed by atoms with E-state index < -0.39 is 0 Å². The van der Waals surface area contributed by atoms with Crippen LogP contribution in [-0.2, 0) is 11.2 Å². The molecule has 0 spiro atoms. The fourth-order valence-corrected chi connectivity index (χ4v) is 1.61. The Morgan fingerprint density at radius 1 is 1.43 bits per heavy atom. The second-order valence-electron chi connectivity index (χ2n) is 3.74. The van der Waals surface area contributed by atoms with Crippen molar-refractivity contribution in [3.05, 3.63) is 17.0 Å². The first-order valence-corrected chi connectivity index (χ1v) is 5.00. The van der Waals surface area contributed by atoms with Gasteiger partial charge in [0.1, 0.15) is 5.76 Å². The summed E-state index contributed by atoms with van der Waals surface area (Å²) >= 11 is 0. The van der Waals surface area contributed by atoms with E-state index in [1.165, 1.54) is 5.56 Å². The van der Waals surface area contributed by atoms with Crippen molar-refractivity contribution in [1.29, 1.82) is 0 Å². The smallest absolute Gasteiger partial charge is 0.137 e. The van der Waals surface area contributed by atoms with Gasteiger partial charge >= 0.3 is 0 Å². The second-order valence-corrected chi connectivity index (χ2v) is 3.74. The largest absolute Gasteiger partial charge is 0.378 e. The lowest BCUT2D eigenvalue weighted by molar-refractivity contribution is -0.00468. The van der Waals surface area contributed by atoms with E-state index in [1.807, 2.05) is 13.8 Å². The van der Waals surface area contributed by atoms with Crippen LogP contribution >= 0.6 is 0 Å². The summed E-state index contributed by atoms with van der Waals surface area (Å²) < 4.78 is 10.2. The summed E-state index contributed by atoms with van der Waals surface area (Å²) in [6.07, 6.45) is 0.984. The van der Waals surface area contributed by atoms with E-state index in [2.05, 4.69) is 10.5 Å². The highest BCUT2D eigenvalue weighted by Gasteiger charge is 2.17. The number of nitrogens with zero attached hydrogens (tertiary/aromatic N) is 1. The van der Waals surface area contributed by atoms with E-state index in [-0.39, 0.29) is 0 Å². The third-order valence-electron chi connectivity index (χ3n) is 2.63. The highest BCUT2D eigenvalue weighted by molar-refractivity contribution is 5.20. The highest BCUT2D eigenvalue weighted by Crippen LogP contribution is 2.12. The van der Waals surface area contributed by atoms with Crippen LogP contribution in [0.4, 0.5) is 0 Å². The minimum atomic E-state index is 0.551. The van der Waals surface area contributed by atoms with Crippen LogP contribution in [0.5, 0.6) is 0 Å². The van der Waals surface area contributed by atoms with Crippen LogP contribution in [0.3, 0.4) is 0 Å². The van der Waals surface area contributed by atoms with Crippen LogP contribution in [0.25, 0.3) is 0 Å². The van der Waals surface area contributed by atoms with Crippen molar-refractivity contribution in [1.82, 2.24) is 10.5 Å². The topological polar surface area (TPSA) is 47.3 Å². The monoisotopic (exact) mass is 196 g/mol. The van der Waals surface area contributed by atoms with Crippen molar-refractivity contribution < 1.29 is 9.26 Å². The van der Waals surface area contributed by atoms with Gasteiger partial charge in [0.25, 0.3) is 0 Å². The summed E-state index contributed by atoms with van der Waals surface area (Å²) in [5.74, 6) is 0.939. The molecule has 14 heavy (non-hydrogen) atoms. The Kier molecular flexibility index (Phi) is 2.84. The van der Waals surface area contributed by atoms with Crippen LogP contribution in [0.1, 0.15) is 17.0 Å². The first-order chi connectivity index (χ1) is 6.77. The molecule has 0 atom stereocenters. The SMILES string of the molecule is Cc1noc(C)c1CCNC1COC1. The molecule has 0 unspecified atom stereocenters. The van der Waals surface area contributed by atoms with Gasteiger partial charge in [0, 0.05) is 5.56 Å². The van der Waals surface area contributed by atoms with Crippen molar-refractivity contribution >= 4 is 0 Å². The van der Waals surface area contributed by atoms with Crippen molar-refractivity contribution in [2.24, 2.45) is 0 Å². The lowest BCUT2D eigenvalue weighted by atomic mass is 10.1. The number of aryl methyl sites for hydroxylation is 2. The van der Waals surface area contributed by atoms with Gasteiger partial charge < -0.3 is 14.6 Å². The Labute approximate surface area is 83.6 Å². The fraction of sp³-hybridized carbons (Fsp3) is 0.700. The van der Waals surface area contributed by atoms with E-state index in [1.54, 1.807) is 0 Å². The van der Waals surface area contributed by atoms with Crippen LogP contribution in [0.15, 0.2) is 4.52 Å². The van der Waals surface area contributed by atoms with Gasteiger partial charge in [-0.3, -0.25) is 0 Å². The molecule has 1 aliphatic rings. The quantitative estimate of drug-likeness (QED) is 0.774. The van der Waals surface area contributed by atoms with Crippen LogP contribution in [0.2, 0.25) is 0 Å². The molecule has 2 rings (SSSR count). The van der Waals surface area contributed by atoms with Crippen LogP contribution in [0, 0.1) is 13.8 Å². The molecule has 0 aliphatic carbocycles. The Hall–Kier alpha value is -0.870. The Morgan fingerprint density at radius 3 is 2.71 bits per heavy atom. The number of aromatic nitrogens is 1. The molecule has 1 fully saturated rings. The number of nitrogens with one attached hydrogen (secondary N) is 1. The molecule has 2 heterocycles. The van der Waals surface area contributed by atoms with E-state index in [9.17, 15) is 0 Å². The fourth-order valence-electron chi connectivity index (χ4n) is 1.61. The van der Waals surface area contributed by atoms with Crippen molar-refractivity contribution in [2.75, 3.05) is 19.8 Å². The molecule has 1 aliphatic heterocycles. The first-order valence-electron chi connectivity index (χ1n) is 5.00. The Balaban J connectivity index is 1.79. The van der Waals surface area contributed by atoms with E-state index in [0.29, 0.717) is 6.04 Å². The third-order valence-corrected chi connectivity index (χ3v) is 2.63. The zero-order valence-electron chi connectivity index (χ0n) is 8.67. The molecule has 1 N–H and O–H groups in total. The summed E-state index contributed by atoms with van der Waals surface area (Å²) in [4.78, 5) is 0. The zero-order valence-corrected chi connectivity index (χ0v) is 8.67. The maximum atomic E-state index is 5.09. The predicted octanol–water partition coefficient (Wildman–Crippen LogP) is 0.822. The van der Waals surface area contributed by atoms with Crippen LogP contribution < -0.4 is 5.32 Å². The first kappa shape index (κ1) is 9.68. The molecule has 1 aromatic rings. The number of rotatable bonds is 4. The lowest BCUT2D eigenvalue weighted by Gasteiger charge is -2.26. The van der Waals surface area contributed by atoms with E-state index in [4.69, 9.17) is 9.26 Å². The van der Waals surface area contributed by atoms with Gasteiger partial charge in [-0.05, 0) is 26.8 Å². The Morgan fingerprint density at radius 2 is 2.21 bits per heavy atom. The minimum Gasteiger partial charge on any atom is -0.378 e. The van der Waals surface area contributed by atoms with Gasteiger partial charge in [0.05, 0.1) is 24.9 Å². The summed E-state index contributed by atoms with van der Waals surface area (Å²) in [6, 6.07) is 0.551. The summed E-state index contributed by atoms with van der Waals surface area (Å²) in [5, 5.41) is 7.34. The number of ether oxygens (including phenoxy) is 1. The summed E-state index contributed by atoms with van der Waals surface area (Å²) in [6.45, 7) is 6.61. The molecule has 4 nitrogen and oxygen atoms in total. The average Bonchev–Trinajstić information content (AvgIpc) is 2.39. The van der Waals surface area contributed by atoms with Gasteiger partial charge in [0.15, 0.2) is 0 Å². The molecular weight excluding hydrogens is 180 g/mol. The molecule has 0 aromatic carbocycles. The van der Waals surface area contributed by atoms with E-state index in [0.717, 1.165) is 37.6 Å². The molecule has 4 heteroatoms. The highest BCUT2D eigenvalue weighted by atomic mass is 16.5. The molecule has 1 saturated heterocycles. The molecular formula is C10H16N2O2. The predicted molar refractivity (Wildman–Crippen MR) is 52.3 cm³/mol. The van der Waals surface area contributed by atoms with Gasteiger partial charge in [-0.2, -0.15) is 0 Å². The number of hydrogen-bond acceptors (Lipinski definition) is 4. The molecule has 0 radical (unpaired) electrons. The van der Waals surface area contributed by atoms with Gasteiger partial charge in [-0.25, -0.2) is 0 Å². The summed E-state index contributed by atoms with van der Waals surface area (Å²) in [7, 11) is 0. The molecule has 0 amide bonds. The Bertz CT molecular complexity index is 286.